The molecule has 90 valence electrons. The average molecular weight is 251 g/mol. The van der Waals surface area contributed by atoms with Gasteiger partial charge in [-0.2, -0.15) is 26.3 Å². The van der Waals surface area contributed by atoms with Crippen LogP contribution in [0.2, 0.25) is 0 Å². The molecule has 0 atom stereocenters. The lowest BCUT2D eigenvalue weighted by atomic mass is 10.6. The number of nitrogens with zero attached hydrogens (tertiary/aromatic N) is 3. The van der Waals surface area contributed by atoms with Crippen molar-refractivity contribution in [3.63, 3.8) is 0 Å². The first-order valence-electron chi connectivity index (χ1n) is 3.99. The van der Waals surface area contributed by atoms with E-state index in [-0.39, 0.29) is 0 Å². The van der Waals surface area contributed by atoms with E-state index in [9.17, 15) is 22.0 Å². The zero-order valence-corrected chi connectivity index (χ0v) is 8.87. The van der Waals surface area contributed by atoms with E-state index in [4.69, 9.17) is 0 Å². The first-order valence-corrected chi connectivity index (χ1v) is 5.09. The third-order valence-electron chi connectivity index (χ3n) is 1.82. The second-order valence-electron chi connectivity index (χ2n) is 3.08. The maximum Gasteiger partial charge on any atom is 0.478 e. The highest BCUT2D eigenvalue weighted by Crippen LogP contribution is 2.37. The van der Waals surface area contributed by atoms with Crippen LogP contribution >= 0.6 is 0 Å². The van der Waals surface area contributed by atoms with Crippen LogP contribution in [0, 0.1) is 0 Å². The SMILES string of the molecule is CN1CCN(C)S1=NC(F)(F)C(F)(F)F. The van der Waals surface area contributed by atoms with Crippen LogP contribution in [-0.4, -0.2) is 48.0 Å². The van der Waals surface area contributed by atoms with E-state index in [1.165, 1.54) is 22.7 Å². The molecule has 0 aromatic carbocycles. The Balaban J connectivity index is 2.95. The summed E-state index contributed by atoms with van der Waals surface area (Å²) in [5.74, 6) is 0. The molecule has 15 heavy (non-hydrogen) atoms. The molecule has 1 rings (SSSR count). The zero-order valence-electron chi connectivity index (χ0n) is 8.05. The Kier molecular flexibility index (Phi) is 3.36. The van der Waals surface area contributed by atoms with Gasteiger partial charge in [0, 0.05) is 13.1 Å². The maximum absolute atomic E-state index is 12.6. The quantitative estimate of drug-likeness (QED) is 0.521. The predicted molar refractivity (Wildman–Crippen MR) is 46.1 cm³/mol. The summed E-state index contributed by atoms with van der Waals surface area (Å²) in [7, 11) is 2.92. The van der Waals surface area contributed by atoms with Crippen LogP contribution < -0.4 is 0 Å². The Morgan fingerprint density at radius 3 is 1.73 bits per heavy atom. The molecule has 0 saturated carbocycles. The summed E-state index contributed by atoms with van der Waals surface area (Å²) < 4.78 is 66.1. The molecule has 0 bridgehead atoms. The smallest absolute Gasteiger partial charge is 0.231 e. The van der Waals surface area contributed by atoms with Crippen molar-refractivity contribution in [1.82, 2.24) is 8.61 Å². The molecular weight excluding hydrogens is 241 g/mol. The number of likely N-dealkylation sites (N-methyl/N-ethyl adjacent to an activating group) is 2. The van der Waals surface area contributed by atoms with Gasteiger partial charge in [-0.3, -0.25) is 0 Å². The van der Waals surface area contributed by atoms with E-state index in [0.717, 1.165) is 0 Å². The summed E-state index contributed by atoms with van der Waals surface area (Å²) in [6.45, 7) is 0.855. The molecule has 1 heterocycles. The van der Waals surface area contributed by atoms with E-state index in [1.54, 1.807) is 0 Å². The number of alkyl halides is 5. The first kappa shape index (κ1) is 12.8. The monoisotopic (exact) mass is 251 g/mol. The summed E-state index contributed by atoms with van der Waals surface area (Å²) in [6.07, 6.45) is -5.62. The predicted octanol–water partition coefficient (Wildman–Crippen LogP) is 1.65. The molecule has 3 nitrogen and oxygen atoms in total. The Morgan fingerprint density at radius 2 is 1.40 bits per heavy atom. The minimum Gasteiger partial charge on any atom is -0.231 e. The van der Waals surface area contributed by atoms with Crippen molar-refractivity contribution in [2.45, 2.75) is 12.2 Å². The molecule has 0 aromatic rings. The lowest BCUT2D eigenvalue weighted by Crippen LogP contribution is -2.37. The minimum atomic E-state index is -5.62. The van der Waals surface area contributed by atoms with Gasteiger partial charge < -0.3 is 0 Å². The standard InChI is InChI=1S/C6H10F5N3S/c1-13-3-4-14(2)15(13)12-6(10,11)5(7,8)9/h3-4H2,1-2H3. The van der Waals surface area contributed by atoms with Crippen molar-refractivity contribution in [1.29, 1.82) is 0 Å². The minimum absolute atomic E-state index is 0.428. The van der Waals surface area contributed by atoms with Crippen molar-refractivity contribution in [3.05, 3.63) is 0 Å². The van der Waals surface area contributed by atoms with Gasteiger partial charge in [0.2, 0.25) is 0 Å². The van der Waals surface area contributed by atoms with Crippen LogP contribution in [0.25, 0.3) is 0 Å². The molecule has 1 fully saturated rings. The van der Waals surface area contributed by atoms with Crippen molar-refractivity contribution >= 4 is 11.1 Å². The number of hydrogen-bond donors (Lipinski definition) is 0. The Labute approximate surface area is 86.2 Å². The van der Waals surface area contributed by atoms with Crippen molar-refractivity contribution in [3.8, 4) is 0 Å². The molecule has 1 saturated heterocycles. The number of rotatable bonds is 1. The van der Waals surface area contributed by atoms with Crippen molar-refractivity contribution < 1.29 is 22.0 Å². The van der Waals surface area contributed by atoms with E-state index < -0.39 is 23.3 Å². The molecule has 0 spiro atoms. The van der Waals surface area contributed by atoms with Gasteiger partial charge in [0.25, 0.3) is 0 Å². The second kappa shape index (κ2) is 3.95. The van der Waals surface area contributed by atoms with Gasteiger partial charge in [-0.05, 0) is 14.1 Å². The first-order chi connectivity index (χ1) is 6.65. The largest absolute Gasteiger partial charge is 0.478 e. The Bertz CT molecular complexity index is 264. The van der Waals surface area contributed by atoms with Gasteiger partial charge in [0.1, 0.15) is 0 Å². The molecule has 0 aromatic heterocycles. The van der Waals surface area contributed by atoms with Gasteiger partial charge in [-0.15, -0.1) is 0 Å². The van der Waals surface area contributed by atoms with E-state index in [0.29, 0.717) is 13.1 Å². The molecule has 0 radical (unpaired) electrons. The van der Waals surface area contributed by atoms with E-state index in [2.05, 4.69) is 4.36 Å². The third-order valence-corrected chi connectivity index (χ3v) is 3.70. The average Bonchev–Trinajstić information content (AvgIpc) is 2.33. The second-order valence-corrected chi connectivity index (χ2v) is 5.00. The summed E-state index contributed by atoms with van der Waals surface area (Å²) >= 11 is -1.51. The summed E-state index contributed by atoms with van der Waals surface area (Å²) in [5.41, 5.74) is 0. The molecular formula is C6H10F5N3S. The van der Waals surface area contributed by atoms with Crippen LogP contribution in [0.5, 0.6) is 0 Å². The van der Waals surface area contributed by atoms with Crippen LogP contribution in [0.4, 0.5) is 22.0 Å². The van der Waals surface area contributed by atoms with E-state index in [1.807, 2.05) is 0 Å². The zero-order chi connectivity index (χ0) is 11.9. The third kappa shape index (κ3) is 2.64. The molecule has 0 aliphatic carbocycles. The molecule has 0 amide bonds. The van der Waals surface area contributed by atoms with E-state index >= 15 is 0 Å². The van der Waals surface area contributed by atoms with Crippen LogP contribution in [0.3, 0.4) is 0 Å². The molecule has 9 heteroatoms. The molecule has 0 unspecified atom stereocenters. The number of halogens is 5. The maximum atomic E-state index is 12.6. The fraction of sp³-hybridized carbons (Fsp3) is 1.00. The van der Waals surface area contributed by atoms with Crippen LogP contribution in [-0.2, 0) is 11.1 Å². The fourth-order valence-electron chi connectivity index (χ4n) is 0.977. The van der Waals surface area contributed by atoms with Gasteiger partial charge in [0.15, 0.2) is 0 Å². The molecule has 1 aliphatic heterocycles. The highest BCUT2D eigenvalue weighted by atomic mass is 32.2. The Morgan fingerprint density at radius 1 is 1.00 bits per heavy atom. The highest BCUT2D eigenvalue weighted by Gasteiger charge is 2.59. The van der Waals surface area contributed by atoms with Crippen molar-refractivity contribution in [2.24, 2.45) is 4.36 Å². The van der Waals surface area contributed by atoms with Gasteiger partial charge in [-0.1, -0.05) is 0 Å². The van der Waals surface area contributed by atoms with Gasteiger partial charge in [-0.25, -0.2) is 8.61 Å². The highest BCUT2D eigenvalue weighted by molar-refractivity contribution is 7.82. The molecule has 0 N–H and O–H groups in total. The van der Waals surface area contributed by atoms with Gasteiger partial charge in [0.05, 0.1) is 11.1 Å². The fourth-order valence-corrected chi connectivity index (χ4v) is 2.53. The number of hydrogen-bond acceptors (Lipinski definition) is 1. The lowest BCUT2D eigenvalue weighted by molar-refractivity contribution is -0.277. The van der Waals surface area contributed by atoms with Crippen LogP contribution in [0.1, 0.15) is 0 Å². The lowest BCUT2D eigenvalue weighted by Gasteiger charge is -2.20. The van der Waals surface area contributed by atoms with Gasteiger partial charge >= 0.3 is 12.2 Å². The summed E-state index contributed by atoms with van der Waals surface area (Å²) in [6, 6.07) is -4.98. The van der Waals surface area contributed by atoms with Crippen molar-refractivity contribution in [2.75, 3.05) is 27.2 Å². The summed E-state index contributed by atoms with van der Waals surface area (Å²) in [5, 5.41) is 0. The topological polar surface area (TPSA) is 18.8 Å². The van der Waals surface area contributed by atoms with Crippen LogP contribution in [0.15, 0.2) is 4.36 Å². The molecule has 1 aliphatic rings. The summed E-state index contributed by atoms with van der Waals surface area (Å²) in [4.78, 5) is 0. The normalized spacial score (nSPS) is 22.3. The Hall–Kier alpha value is -0.280.